The van der Waals surface area contributed by atoms with E-state index in [1.54, 1.807) is 6.92 Å². The van der Waals surface area contributed by atoms with Crippen LogP contribution in [0.25, 0.3) is 0 Å². The molecule has 0 saturated carbocycles. The molecule has 0 aliphatic rings. The predicted octanol–water partition coefficient (Wildman–Crippen LogP) is 15.9. The van der Waals surface area contributed by atoms with Crippen LogP contribution in [0.2, 0.25) is 0 Å². The van der Waals surface area contributed by atoms with E-state index in [-0.39, 0.29) is 17.0 Å². The normalized spacial score (nSPS) is 12.8. The first-order chi connectivity index (χ1) is 29.8. The maximum atomic E-state index is 11.9. The molecule has 0 radical (unpaired) electrons. The van der Waals surface area contributed by atoms with E-state index in [4.69, 9.17) is 9.47 Å². The summed E-state index contributed by atoms with van der Waals surface area (Å²) in [5.74, 6) is 1.01. The summed E-state index contributed by atoms with van der Waals surface area (Å²) in [7, 11) is 0. The van der Waals surface area contributed by atoms with Crippen molar-refractivity contribution in [3.05, 3.63) is 51.0 Å². The van der Waals surface area contributed by atoms with E-state index >= 15 is 0 Å². The monoisotopic (exact) mass is 855 g/mol. The molecule has 61 heavy (non-hydrogen) atoms. The Labute approximate surface area is 379 Å². The van der Waals surface area contributed by atoms with Crippen molar-refractivity contribution < 1.29 is 9.47 Å². The summed E-state index contributed by atoms with van der Waals surface area (Å²) < 4.78 is 13.0. The highest BCUT2D eigenvalue weighted by Crippen LogP contribution is 2.22. The zero-order chi connectivity index (χ0) is 44.6. The lowest BCUT2D eigenvalue weighted by Crippen LogP contribution is -2.37. The minimum absolute atomic E-state index is 0.181. The van der Waals surface area contributed by atoms with E-state index in [2.05, 4.69) is 51.1 Å². The SMILES string of the molecule is C=CC(CCCCCCCN(CCCCCCCC(=C)OC(CCCCCCCC)CCCCCCCC)CCCNc1c(C)c(=O)c1=O)OC(CC)CCCCCCCC. The fourth-order valence-corrected chi connectivity index (χ4v) is 8.84. The summed E-state index contributed by atoms with van der Waals surface area (Å²) in [4.78, 5) is 26.2. The fraction of sp³-hybridized carbons (Fsp3) is 0.855. The lowest BCUT2D eigenvalue weighted by atomic mass is 10.0. The minimum atomic E-state index is -0.352. The van der Waals surface area contributed by atoms with Gasteiger partial charge in [0.05, 0.1) is 29.8 Å². The smallest absolute Gasteiger partial charge is 0.249 e. The maximum Gasteiger partial charge on any atom is 0.249 e. The first-order valence-corrected chi connectivity index (χ1v) is 26.7. The van der Waals surface area contributed by atoms with Crippen LogP contribution in [0.5, 0.6) is 0 Å². The quantitative estimate of drug-likeness (QED) is 0.0305. The zero-order valence-corrected chi connectivity index (χ0v) is 41.4. The molecule has 0 spiro atoms. The first-order valence-electron chi connectivity index (χ1n) is 26.7. The summed E-state index contributed by atoms with van der Waals surface area (Å²) >= 11 is 0. The van der Waals surface area contributed by atoms with Crippen LogP contribution in [0.3, 0.4) is 0 Å². The second-order valence-corrected chi connectivity index (χ2v) is 18.7. The third-order valence-electron chi connectivity index (χ3n) is 13.1. The molecular weight excluding hydrogens is 753 g/mol. The van der Waals surface area contributed by atoms with Gasteiger partial charge in [0.15, 0.2) is 0 Å². The van der Waals surface area contributed by atoms with Gasteiger partial charge >= 0.3 is 0 Å². The molecule has 0 saturated heterocycles. The van der Waals surface area contributed by atoms with Crippen molar-refractivity contribution in [1.82, 2.24) is 4.90 Å². The van der Waals surface area contributed by atoms with E-state index in [1.807, 2.05) is 6.08 Å². The van der Waals surface area contributed by atoms with Crippen molar-refractivity contribution in [3.8, 4) is 0 Å². The molecule has 6 nitrogen and oxygen atoms in total. The average molecular weight is 855 g/mol. The number of hydrogen-bond acceptors (Lipinski definition) is 6. The Kier molecular flexibility index (Phi) is 38.2. The van der Waals surface area contributed by atoms with Crippen molar-refractivity contribution in [1.29, 1.82) is 0 Å². The van der Waals surface area contributed by atoms with Crippen molar-refractivity contribution in [2.24, 2.45) is 0 Å². The molecule has 1 aromatic carbocycles. The summed E-state index contributed by atoms with van der Waals surface area (Å²) in [6.45, 7) is 23.4. The number of hydrogen-bond donors (Lipinski definition) is 1. The van der Waals surface area contributed by atoms with Gasteiger partial charge in [0.2, 0.25) is 10.9 Å². The van der Waals surface area contributed by atoms with E-state index in [1.165, 1.54) is 199 Å². The zero-order valence-electron chi connectivity index (χ0n) is 41.4. The molecule has 0 aromatic heterocycles. The molecule has 0 amide bonds. The number of anilines is 1. The highest BCUT2D eigenvalue weighted by atomic mass is 16.5. The molecule has 0 heterocycles. The Bertz CT molecular complexity index is 1210. The molecule has 1 rings (SSSR count). The molecule has 356 valence electrons. The van der Waals surface area contributed by atoms with E-state index in [0.717, 1.165) is 57.6 Å². The molecule has 1 aromatic rings. The van der Waals surface area contributed by atoms with Crippen LogP contribution in [0.4, 0.5) is 5.69 Å². The summed E-state index contributed by atoms with van der Waals surface area (Å²) in [6, 6.07) is 0. The van der Waals surface area contributed by atoms with Crippen molar-refractivity contribution in [2.75, 3.05) is 31.5 Å². The van der Waals surface area contributed by atoms with Gasteiger partial charge in [-0.1, -0.05) is 188 Å². The number of ether oxygens (including phenoxy) is 2. The Balaban J connectivity index is 2.41. The Hall–Kier alpha value is -1.92. The van der Waals surface area contributed by atoms with Gasteiger partial charge < -0.3 is 19.7 Å². The topological polar surface area (TPSA) is 67.9 Å². The third-order valence-corrected chi connectivity index (χ3v) is 13.1. The highest BCUT2D eigenvalue weighted by molar-refractivity contribution is 5.55. The van der Waals surface area contributed by atoms with Gasteiger partial charge in [0.25, 0.3) is 0 Å². The van der Waals surface area contributed by atoms with Gasteiger partial charge in [-0.25, -0.2) is 0 Å². The summed E-state index contributed by atoms with van der Waals surface area (Å²) in [5.41, 5.74) is 0.429. The van der Waals surface area contributed by atoms with Crippen LogP contribution in [-0.4, -0.2) is 49.4 Å². The van der Waals surface area contributed by atoms with Gasteiger partial charge in [0.1, 0.15) is 0 Å². The van der Waals surface area contributed by atoms with Crippen molar-refractivity contribution >= 4 is 5.69 Å². The van der Waals surface area contributed by atoms with Crippen LogP contribution >= 0.6 is 0 Å². The number of rotatable bonds is 48. The van der Waals surface area contributed by atoms with Gasteiger partial charge in [-0.3, -0.25) is 9.59 Å². The molecule has 0 fully saturated rings. The minimum Gasteiger partial charge on any atom is -0.495 e. The van der Waals surface area contributed by atoms with Gasteiger partial charge in [0, 0.05) is 18.5 Å². The Morgan fingerprint density at radius 1 is 0.557 bits per heavy atom. The fourth-order valence-electron chi connectivity index (χ4n) is 8.84. The van der Waals surface area contributed by atoms with Crippen LogP contribution < -0.4 is 16.2 Å². The highest BCUT2D eigenvalue weighted by Gasteiger charge is 2.17. The van der Waals surface area contributed by atoms with Gasteiger partial charge in [-0.15, -0.1) is 6.58 Å². The van der Waals surface area contributed by atoms with Crippen LogP contribution in [0.15, 0.2) is 34.6 Å². The van der Waals surface area contributed by atoms with Crippen LogP contribution in [0, 0.1) is 6.92 Å². The maximum absolute atomic E-state index is 11.9. The largest absolute Gasteiger partial charge is 0.495 e. The van der Waals surface area contributed by atoms with E-state index in [9.17, 15) is 9.59 Å². The molecule has 2 atom stereocenters. The molecule has 0 aliphatic heterocycles. The lowest BCUT2D eigenvalue weighted by Gasteiger charge is -2.23. The number of unbranched alkanes of at least 4 members (excludes halogenated alkanes) is 23. The van der Waals surface area contributed by atoms with Crippen LogP contribution in [-0.2, 0) is 9.47 Å². The lowest BCUT2D eigenvalue weighted by molar-refractivity contribution is 0.000477. The first kappa shape index (κ1) is 57.1. The number of nitrogens with one attached hydrogen (secondary N) is 1. The average Bonchev–Trinajstić information content (AvgIpc) is 3.27. The second kappa shape index (κ2) is 40.8. The standard InChI is InChI=1S/C55H102N2O4/c1-8-13-16-19-25-32-40-50(11-4)61-51(12-5)41-33-28-23-30-37-46-57(47-38-44-56-53-49(7)54(58)55(53)59)45-36-29-22-24-31-39-48(6)60-52(42-34-26-20-17-14-9-2)43-35-27-21-18-15-10-3/h12,50-52,56H,5-6,8-11,13-47H2,1-4,7H3. The molecule has 1 N–H and O–H groups in total. The summed E-state index contributed by atoms with van der Waals surface area (Å²) in [5, 5.41) is 3.24. The predicted molar refractivity (Wildman–Crippen MR) is 268 cm³/mol. The van der Waals surface area contributed by atoms with Gasteiger partial charge in [-0.05, 0) is 97.2 Å². The molecule has 0 bridgehead atoms. The van der Waals surface area contributed by atoms with Crippen LogP contribution in [0.1, 0.15) is 258 Å². The number of allylic oxidation sites excluding steroid dienone is 1. The van der Waals surface area contributed by atoms with Gasteiger partial charge in [-0.2, -0.15) is 0 Å². The Morgan fingerprint density at radius 3 is 1.46 bits per heavy atom. The molecule has 0 aliphatic carbocycles. The molecule has 2 unspecified atom stereocenters. The third kappa shape index (κ3) is 30.7. The summed E-state index contributed by atoms with van der Waals surface area (Å²) in [6.07, 6.45) is 47.1. The van der Waals surface area contributed by atoms with Crippen molar-refractivity contribution in [2.45, 2.75) is 278 Å². The Morgan fingerprint density at radius 2 is 0.984 bits per heavy atom. The van der Waals surface area contributed by atoms with E-state index in [0.29, 0.717) is 23.5 Å². The number of nitrogens with zero attached hydrogens (tertiary/aromatic N) is 1. The second-order valence-electron chi connectivity index (χ2n) is 18.7. The molecule has 6 heteroatoms. The van der Waals surface area contributed by atoms with E-state index < -0.39 is 0 Å². The molecular formula is C55H102N2O4. The van der Waals surface area contributed by atoms with Crippen molar-refractivity contribution in [3.63, 3.8) is 0 Å².